The van der Waals surface area contributed by atoms with E-state index in [0.29, 0.717) is 16.9 Å². The van der Waals surface area contributed by atoms with Gasteiger partial charge in [0.15, 0.2) is 5.13 Å². The maximum atomic E-state index is 13.0. The van der Waals surface area contributed by atoms with E-state index < -0.39 is 27.7 Å². The van der Waals surface area contributed by atoms with Crippen molar-refractivity contribution in [1.82, 2.24) is 4.98 Å². The third-order valence-electron chi connectivity index (χ3n) is 3.91. The highest BCUT2D eigenvalue weighted by Gasteiger charge is 2.20. The number of aromatic nitrogens is 1. The lowest BCUT2D eigenvalue weighted by Gasteiger charge is -2.05. The number of aryl methyl sites for hydroxylation is 1. The van der Waals surface area contributed by atoms with Crippen LogP contribution in [0.3, 0.4) is 0 Å². The van der Waals surface area contributed by atoms with Crippen molar-refractivity contribution >= 4 is 44.1 Å². The minimum atomic E-state index is -3.98. The van der Waals surface area contributed by atoms with Gasteiger partial charge >= 0.3 is 5.97 Å². The van der Waals surface area contributed by atoms with E-state index in [1.807, 2.05) is 0 Å². The van der Waals surface area contributed by atoms with Crippen LogP contribution in [-0.4, -0.2) is 32.4 Å². The van der Waals surface area contributed by atoms with Gasteiger partial charge in [-0.05, 0) is 55.5 Å². The van der Waals surface area contributed by atoms with Crippen molar-refractivity contribution in [2.75, 3.05) is 17.1 Å². The third-order valence-corrected chi connectivity index (χ3v) is 6.47. The minimum absolute atomic E-state index is 0.00279. The molecule has 3 aromatic rings. The number of hydrogen-bond donors (Lipinski definition) is 2. The Bertz CT molecular complexity index is 1190. The molecule has 156 valence electrons. The quantitative estimate of drug-likeness (QED) is 0.557. The number of ether oxygens (including phenoxy) is 1. The van der Waals surface area contributed by atoms with Crippen molar-refractivity contribution in [3.8, 4) is 0 Å². The van der Waals surface area contributed by atoms with Gasteiger partial charge in [0.25, 0.3) is 15.9 Å². The highest BCUT2D eigenvalue weighted by atomic mass is 32.2. The van der Waals surface area contributed by atoms with Gasteiger partial charge in [-0.3, -0.25) is 9.52 Å². The number of benzene rings is 2. The van der Waals surface area contributed by atoms with E-state index in [9.17, 15) is 22.4 Å². The number of esters is 1. The van der Waals surface area contributed by atoms with Crippen molar-refractivity contribution in [3.05, 3.63) is 70.5 Å². The van der Waals surface area contributed by atoms with E-state index in [0.717, 1.165) is 35.6 Å². The fourth-order valence-corrected chi connectivity index (χ4v) is 4.53. The topological polar surface area (TPSA) is 114 Å². The Hall–Kier alpha value is -3.31. The molecule has 1 heterocycles. The van der Waals surface area contributed by atoms with Gasteiger partial charge in [-0.15, -0.1) is 0 Å². The third kappa shape index (κ3) is 4.81. The number of rotatable bonds is 6. The Morgan fingerprint density at radius 2 is 1.70 bits per heavy atom. The van der Waals surface area contributed by atoms with Gasteiger partial charge in [0.05, 0.1) is 23.3 Å². The summed E-state index contributed by atoms with van der Waals surface area (Å²) >= 11 is 0.862. The molecule has 2 N–H and O–H groups in total. The molecule has 0 bridgehead atoms. The van der Waals surface area contributed by atoms with Crippen molar-refractivity contribution in [2.45, 2.75) is 11.8 Å². The molecule has 0 aliphatic heterocycles. The summed E-state index contributed by atoms with van der Waals surface area (Å²) in [6.07, 6.45) is 0. The predicted octanol–water partition coefficient (Wildman–Crippen LogP) is 3.43. The Kier molecular flexibility index (Phi) is 6.13. The molecule has 30 heavy (non-hydrogen) atoms. The number of anilines is 2. The summed E-state index contributed by atoms with van der Waals surface area (Å²) in [5.74, 6) is -1.54. The largest absolute Gasteiger partial charge is 0.465 e. The Morgan fingerprint density at radius 3 is 2.30 bits per heavy atom. The smallest absolute Gasteiger partial charge is 0.337 e. The zero-order chi connectivity index (χ0) is 21.9. The molecule has 8 nitrogen and oxygen atoms in total. The molecule has 1 aromatic heterocycles. The van der Waals surface area contributed by atoms with Crippen LogP contribution in [0, 0.1) is 12.7 Å². The maximum Gasteiger partial charge on any atom is 0.337 e. The lowest BCUT2D eigenvalue weighted by Crippen LogP contribution is -2.12. The highest BCUT2D eigenvalue weighted by Crippen LogP contribution is 2.26. The number of carbonyl (C=O) groups excluding carboxylic acids is 2. The number of carbonyl (C=O) groups is 2. The number of amides is 1. The Labute approximate surface area is 175 Å². The first-order valence-electron chi connectivity index (χ1n) is 8.45. The van der Waals surface area contributed by atoms with Crippen molar-refractivity contribution in [2.24, 2.45) is 0 Å². The number of nitrogens with one attached hydrogen (secondary N) is 2. The molecule has 0 aliphatic rings. The van der Waals surface area contributed by atoms with E-state index in [1.165, 1.54) is 19.2 Å². The number of methoxy groups -OCH3 is 1. The summed E-state index contributed by atoms with van der Waals surface area (Å²) in [5.41, 5.74) is 1.11. The van der Waals surface area contributed by atoms with E-state index in [-0.39, 0.29) is 14.9 Å². The van der Waals surface area contributed by atoms with Crippen LogP contribution < -0.4 is 10.0 Å². The van der Waals surface area contributed by atoms with Crippen LogP contribution in [0.15, 0.2) is 53.4 Å². The SMILES string of the molecule is COC(=O)c1ccc(NC(=O)c2sc(NS(=O)(=O)c3ccc(F)cc3)nc2C)cc1. The van der Waals surface area contributed by atoms with E-state index >= 15 is 0 Å². The molecular weight excluding hydrogens is 433 g/mol. The molecule has 1 amide bonds. The zero-order valence-electron chi connectivity index (χ0n) is 15.8. The molecule has 0 atom stereocenters. The van der Waals surface area contributed by atoms with Crippen LogP contribution in [0.2, 0.25) is 0 Å². The molecule has 0 radical (unpaired) electrons. The van der Waals surface area contributed by atoms with E-state index in [2.05, 4.69) is 19.8 Å². The summed E-state index contributed by atoms with van der Waals surface area (Å²) in [5, 5.41) is 2.66. The second-order valence-electron chi connectivity index (χ2n) is 6.02. The first-order chi connectivity index (χ1) is 14.2. The van der Waals surface area contributed by atoms with E-state index in [1.54, 1.807) is 19.1 Å². The van der Waals surface area contributed by atoms with Crippen LogP contribution in [0.5, 0.6) is 0 Å². The molecule has 11 heteroatoms. The van der Waals surface area contributed by atoms with Crippen LogP contribution >= 0.6 is 11.3 Å². The molecule has 3 rings (SSSR count). The summed E-state index contributed by atoms with van der Waals surface area (Å²) in [6, 6.07) is 10.4. The average molecular weight is 449 g/mol. The maximum absolute atomic E-state index is 13.0. The zero-order valence-corrected chi connectivity index (χ0v) is 17.4. The number of halogens is 1. The second kappa shape index (κ2) is 8.59. The Balaban J connectivity index is 1.74. The van der Waals surface area contributed by atoms with Gasteiger partial charge < -0.3 is 10.1 Å². The number of hydrogen-bond acceptors (Lipinski definition) is 7. The highest BCUT2D eigenvalue weighted by molar-refractivity contribution is 7.93. The summed E-state index contributed by atoms with van der Waals surface area (Å²) in [4.78, 5) is 28.2. The summed E-state index contributed by atoms with van der Waals surface area (Å²) in [6.45, 7) is 1.57. The molecular formula is C19H16FN3O5S2. The fourth-order valence-electron chi connectivity index (χ4n) is 2.43. The van der Waals surface area contributed by atoms with Gasteiger partial charge in [0, 0.05) is 5.69 Å². The number of nitrogens with zero attached hydrogens (tertiary/aromatic N) is 1. The predicted molar refractivity (Wildman–Crippen MR) is 110 cm³/mol. The van der Waals surface area contributed by atoms with Crippen molar-refractivity contribution in [3.63, 3.8) is 0 Å². The first-order valence-corrected chi connectivity index (χ1v) is 10.7. The van der Waals surface area contributed by atoms with Crippen LogP contribution in [-0.2, 0) is 14.8 Å². The van der Waals surface area contributed by atoms with Crippen LogP contribution in [0.4, 0.5) is 15.2 Å². The molecule has 0 unspecified atom stereocenters. The number of sulfonamides is 1. The van der Waals surface area contributed by atoms with Gasteiger partial charge in [0.1, 0.15) is 10.7 Å². The van der Waals surface area contributed by atoms with E-state index in [4.69, 9.17) is 0 Å². The normalized spacial score (nSPS) is 11.0. The molecule has 2 aromatic carbocycles. The van der Waals surface area contributed by atoms with Crippen LogP contribution in [0.25, 0.3) is 0 Å². The summed E-state index contributed by atoms with van der Waals surface area (Å²) in [7, 11) is -2.71. The monoisotopic (exact) mass is 449 g/mol. The first kappa shape index (κ1) is 21.4. The standard InChI is InChI=1S/C19H16FN3O5S2/c1-11-16(17(24)22-14-7-3-12(4-8-14)18(25)28-2)29-19(21-11)23-30(26,27)15-9-5-13(20)6-10-15/h3-10H,1-2H3,(H,21,23)(H,22,24). The lowest BCUT2D eigenvalue weighted by atomic mass is 10.2. The van der Waals surface area contributed by atoms with Crippen molar-refractivity contribution < 1.29 is 27.1 Å². The van der Waals surface area contributed by atoms with Gasteiger partial charge in [-0.1, -0.05) is 11.3 Å². The lowest BCUT2D eigenvalue weighted by molar-refractivity contribution is 0.0600. The van der Waals surface area contributed by atoms with Gasteiger partial charge in [0.2, 0.25) is 0 Å². The summed E-state index contributed by atoms with van der Waals surface area (Å²) < 4.78 is 44.7. The molecule has 0 fully saturated rings. The Morgan fingerprint density at radius 1 is 1.07 bits per heavy atom. The number of thiazole rings is 1. The minimum Gasteiger partial charge on any atom is -0.465 e. The fraction of sp³-hybridized carbons (Fsp3) is 0.105. The van der Waals surface area contributed by atoms with Crippen LogP contribution in [0.1, 0.15) is 25.7 Å². The molecule has 0 aliphatic carbocycles. The second-order valence-corrected chi connectivity index (χ2v) is 8.70. The average Bonchev–Trinajstić information content (AvgIpc) is 3.07. The molecule has 0 spiro atoms. The van der Waals surface area contributed by atoms with Crippen molar-refractivity contribution in [1.29, 1.82) is 0 Å². The van der Waals surface area contributed by atoms with Gasteiger partial charge in [-0.2, -0.15) is 0 Å². The molecule has 0 saturated carbocycles. The van der Waals surface area contributed by atoms with Gasteiger partial charge in [-0.25, -0.2) is 22.6 Å². The molecule has 0 saturated heterocycles.